The Hall–Kier alpha value is -0.450. The number of thiazole rings is 1. The SMILES string of the molecule is CCc1nc(C2(NC)CCOC(C)C2)sc1C. The molecule has 2 rings (SSSR count). The summed E-state index contributed by atoms with van der Waals surface area (Å²) in [4.78, 5) is 6.19. The molecule has 3 nitrogen and oxygen atoms in total. The van der Waals surface area contributed by atoms with Crippen molar-refractivity contribution in [2.24, 2.45) is 0 Å². The molecule has 4 heteroatoms. The first-order chi connectivity index (χ1) is 8.11. The Morgan fingerprint density at radius 3 is 2.88 bits per heavy atom. The molecule has 1 aliphatic heterocycles. The predicted molar refractivity (Wildman–Crippen MR) is 71.6 cm³/mol. The zero-order valence-corrected chi connectivity index (χ0v) is 12.0. The normalized spacial score (nSPS) is 29.5. The van der Waals surface area contributed by atoms with Crippen LogP contribution in [0.3, 0.4) is 0 Å². The fourth-order valence-corrected chi connectivity index (χ4v) is 3.81. The molecule has 2 atom stereocenters. The lowest BCUT2D eigenvalue weighted by Crippen LogP contribution is -2.47. The van der Waals surface area contributed by atoms with Gasteiger partial charge in [0.2, 0.25) is 0 Å². The van der Waals surface area contributed by atoms with Crippen LogP contribution >= 0.6 is 11.3 Å². The molecule has 17 heavy (non-hydrogen) atoms. The van der Waals surface area contributed by atoms with E-state index in [-0.39, 0.29) is 5.54 Å². The molecule has 1 N–H and O–H groups in total. The third-order valence-corrected chi connectivity index (χ3v) is 4.90. The molecule has 0 aliphatic carbocycles. The molecule has 1 saturated heterocycles. The molecular weight excluding hydrogens is 232 g/mol. The van der Waals surface area contributed by atoms with Crippen LogP contribution in [0.25, 0.3) is 0 Å². The monoisotopic (exact) mass is 254 g/mol. The summed E-state index contributed by atoms with van der Waals surface area (Å²) in [5, 5.41) is 4.74. The van der Waals surface area contributed by atoms with Crippen LogP contribution in [0, 0.1) is 6.92 Å². The van der Waals surface area contributed by atoms with Gasteiger partial charge in [0.25, 0.3) is 0 Å². The molecule has 1 aliphatic rings. The minimum absolute atomic E-state index is 0.0283. The Morgan fingerprint density at radius 2 is 2.35 bits per heavy atom. The number of aromatic nitrogens is 1. The smallest absolute Gasteiger partial charge is 0.113 e. The topological polar surface area (TPSA) is 34.2 Å². The van der Waals surface area contributed by atoms with Crippen LogP contribution in [0.4, 0.5) is 0 Å². The van der Waals surface area contributed by atoms with Crippen molar-refractivity contribution in [3.05, 3.63) is 15.6 Å². The maximum Gasteiger partial charge on any atom is 0.113 e. The minimum atomic E-state index is 0.0283. The Bertz CT molecular complexity index is 391. The Kier molecular flexibility index (Phi) is 3.85. The minimum Gasteiger partial charge on any atom is -0.378 e. The summed E-state index contributed by atoms with van der Waals surface area (Å²) >= 11 is 1.84. The van der Waals surface area contributed by atoms with Crippen molar-refractivity contribution in [3.8, 4) is 0 Å². The van der Waals surface area contributed by atoms with E-state index in [0.717, 1.165) is 25.9 Å². The van der Waals surface area contributed by atoms with Crippen LogP contribution in [0.2, 0.25) is 0 Å². The number of rotatable bonds is 3. The molecule has 1 aromatic rings. The number of nitrogens with zero attached hydrogens (tertiary/aromatic N) is 1. The van der Waals surface area contributed by atoms with Crippen molar-refractivity contribution in [1.29, 1.82) is 0 Å². The van der Waals surface area contributed by atoms with Gasteiger partial charge in [0, 0.05) is 11.5 Å². The van der Waals surface area contributed by atoms with Crippen molar-refractivity contribution in [3.63, 3.8) is 0 Å². The first-order valence-electron chi connectivity index (χ1n) is 6.38. The van der Waals surface area contributed by atoms with E-state index in [4.69, 9.17) is 9.72 Å². The van der Waals surface area contributed by atoms with E-state index in [1.807, 2.05) is 18.4 Å². The van der Waals surface area contributed by atoms with E-state index < -0.39 is 0 Å². The zero-order valence-electron chi connectivity index (χ0n) is 11.2. The molecule has 0 saturated carbocycles. The van der Waals surface area contributed by atoms with Gasteiger partial charge in [-0.15, -0.1) is 11.3 Å². The van der Waals surface area contributed by atoms with Crippen LogP contribution < -0.4 is 5.32 Å². The fraction of sp³-hybridized carbons (Fsp3) is 0.769. The molecule has 0 radical (unpaired) electrons. The summed E-state index contributed by atoms with van der Waals surface area (Å²) in [6, 6.07) is 0. The lowest BCUT2D eigenvalue weighted by molar-refractivity contribution is -0.0185. The summed E-state index contributed by atoms with van der Waals surface area (Å²) in [5.41, 5.74) is 1.28. The summed E-state index contributed by atoms with van der Waals surface area (Å²) in [5.74, 6) is 0. The largest absolute Gasteiger partial charge is 0.378 e. The number of hydrogen-bond acceptors (Lipinski definition) is 4. The third-order valence-electron chi connectivity index (χ3n) is 3.68. The fourth-order valence-electron chi connectivity index (χ4n) is 2.58. The molecule has 96 valence electrons. The highest BCUT2D eigenvalue weighted by atomic mass is 32.1. The van der Waals surface area contributed by atoms with E-state index in [1.54, 1.807) is 0 Å². The lowest BCUT2D eigenvalue weighted by Gasteiger charge is -2.38. The second kappa shape index (κ2) is 5.04. The van der Waals surface area contributed by atoms with E-state index in [2.05, 4.69) is 26.1 Å². The van der Waals surface area contributed by atoms with E-state index in [1.165, 1.54) is 15.6 Å². The van der Waals surface area contributed by atoms with Crippen molar-refractivity contribution in [2.45, 2.75) is 51.7 Å². The van der Waals surface area contributed by atoms with Gasteiger partial charge in [0.1, 0.15) is 5.01 Å². The van der Waals surface area contributed by atoms with Crippen LogP contribution in [0.1, 0.15) is 42.3 Å². The number of aryl methyl sites for hydroxylation is 2. The second-order valence-corrected chi connectivity index (χ2v) is 6.05. The molecule has 1 fully saturated rings. The van der Waals surface area contributed by atoms with Gasteiger partial charge in [-0.3, -0.25) is 0 Å². The van der Waals surface area contributed by atoms with Gasteiger partial charge in [-0.05, 0) is 40.2 Å². The third kappa shape index (κ3) is 2.39. The summed E-state index contributed by atoms with van der Waals surface area (Å²) in [7, 11) is 2.04. The highest BCUT2D eigenvalue weighted by molar-refractivity contribution is 7.11. The Balaban J connectivity index is 2.33. The molecule has 1 aromatic heterocycles. The zero-order chi connectivity index (χ0) is 12.5. The highest BCUT2D eigenvalue weighted by Gasteiger charge is 2.38. The van der Waals surface area contributed by atoms with Crippen molar-refractivity contribution in [2.75, 3.05) is 13.7 Å². The summed E-state index contributed by atoms with van der Waals surface area (Å²) < 4.78 is 5.66. The quantitative estimate of drug-likeness (QED) is 0.900. The maximum atomic E-state index is 5.66. The van der Waals surface area contributed by atoms with Crippen LogP contribution in [-0.4, -0.2) is 24.7 Å². The number of hydrogen-bond donors (Lipinski definition) is 1. The first-order valence-corrected chi connectivity index (χ1v) is 7.20. The number of ether oxygens (including phenoxy) is 1. The molecule has 0 amide bonds. The Morgan fingerprint density at radius 1 is 1.59 bits per heavy atom. The summed E-state index contributed by atoms with van der Waals surface area (Å²) in [6.07, 6.45) is 3.36. The number of nitrogens with one attached hydrogen (secondary N) is 1. The standard InChI is InChI=1S/C13H22N2OS/c1-5-11-10(3)17-12(15-11)13(14-4)6-7-16-9(2)8-13/h9,14H,5-8H2,1-4H3. The maximum absolute atomic E-state index is 5.66. The van der Waals surface area contributed by atoms with Gasteiger partial charge in [-0.2, -0.15) is 0 Å². The molecule has 2 heterocycles. The molecular formula is C13H22N2OS. The van der Waals surface area contributed by atoms with Gasteiger partial charge < -0.3 is 10.1 Å². The highest BCUT2D eigenvalue weighted by Crippen LogP contribution is 2.37. The van der Waals surface area contributed by atoms with Crippen LogP contribution in [0.5, 0.6) is 0 Å². The van der Waals surface area contributed by atoms with Crippen molar-refractivity contribution in [1.82, 2.24) is 10.3 Å². The molecule has 0 bridgehead atoms. The van der Waals surface area contributed by atoms with Gasteiger partial charge in [-0.1, -0.05) is 6.92 Å². The van der Waals surface area contributed by atoms with Gasteiger partial charge in [-0.25, -0.2) is 4.98 Å². The molecule has 2 unspecified atom stereocenters. The van der Waals surface area contributed by atoms with E-state index in [0.29, 0.717) is 6.10 Å². The van der Waals surface area contributed by atoms with Crippen LogP contribution in [-0.2, 0) is 16.7 Å². The van der Waals surface area contributed by atoms with Gasteiger partial charge in [0.15, 0.2) is 0 Å². The van der Waals surface area contributed by atoms with Crippen molar-refractivity contribution < 1.29 is 4.74 Å². The molecule has 0 spiro atoms. The average molecular weight is 254 g/mol. The van der Waals surface area contributed by atoms with E-state index in [9.17, 15) is 0 Å². The van der Waals surface area contributed by atoms with Crippen molar-refractivity contribution >= 4 is 11.3 Å². The molecule has 0 aromatic carbocycles. The predicted octanol–water partition coefficient (Wildman–Crippen LogP) is 2.63. The van der Waals surface area contributed by atoms with Gasteiger partial charge >= 0.3 is 0 Å². The van der Waals surface area contributed by atoms with Gasteiger partial charge in [0.05, 0.1) is 17.3 Å². The Labute approximate surface area is 108 Å². The second-order valence-electron chi connectivity index (χ2n) is 4.84. The van der Waals surface area contributed by atoms with E-state index >= 15 is 0 Å². The van der Waals surface area contributed by atoms with Crippen LogP contribution in [0.15, 0.2) is 0 Å². The summed E-state index contributed by atoms with van der Waals surface area (Å²) in [6.45, 7) is 7.31. The average Bonchev–Trinajstić information content (AvgIpc) is 2.71. The lowest BCUT2D eigenvalue weighted by atomic mass is 9.87. The first kappa shape index (κ1) is 13.0.